The minimum absolute atomic E-state index is 0.0762. The van der Waals surface area contributed by atoms with Crippen LogP contribution in [0.1, 0.15) is 24.2 Å². The monoisotopic (exact) mass is 432 g/mol. The minimum Gasteiger partial charge on any atom is -0.461 e. The van der Waals surface area contributed by atoms with Gasteiger partial charge < -0.3 is 10.1 Å². The molecular weight excluding hydrogens is 411 g/mol. The number of rotatable bonds is 5. The molecule has 1 saturated heterocycles. The van der Waals surface area contributed by atoms with Crippen molar-refractivity contribution >= 4 is 26.8 Å². The molecule has 1 aliphatic rings. The number of halogens is 1. The number of fused-ring (bicyclic) bond motifs is 1. The number of pyridine rings is 1. The molecular formula is C20H21FN4O4S. The fraction of sp³-hybridized carbons (Fsp3) is 0.350. The topological polar surface area (TPSA) is 103 Å². The molecule has 2 aromatic heterocycles. The van der Waals surface area contributed by atoms with Gasteiger partial charge in [0.05, 0.1) is 28.1 Å². The molecule has 30 heavy (non-hydrogen) atoms. The molecule has 3 heterocycles. The fourth-order valence-corrected chi connectivity index (χ4v) is 5.70. The van der Waals surface area contributed by atoms with Crippen LogP contribution in [-0.2, 0) is 16.9 Å². The number of hydrogen-bond donors (Lipinski definition) is 1. The Hall–Kier alpha value is -3.01. The maximum atomic E-state index is 13.2. The number of aromatic nitrogens is 3. The van der Waals surface area contributed by atoms with E-state index in [2.05, 4.69) is 15.4 Å². The molecule has 1 amide bonds. The van der Waals surface area contributed by atoms with Gasteiger partial charge in [-0.25, -0.2) is 12.8 Å². The normalized spacial score (nSPS) is 17.9. The van der Waals surface area contributed by atoms with Crippen molar-refractivity contribution in [2.45, 2.75) is 25.7 Å². The number of ether oxygens (including phenoxy) is 1. The second kappa shape index (κ2) is 7.05. The van der Waals surface area contributed by atoms with Crippen LogP contribution in [0, 0.1) is 0 Å². The molecule has 0 aliphatic carbocycles. The summed E-state index contributed by atoms with van der Waals surface area (Å²) in [4.78, 5) is 17.0. The quantitative estimate of drug-likeness (QED) is 0.663. The molecule has 1 aliphatic heterocycles. The van der Waals surface area contributed by atoms with Gasteiger partial charge in [0, 0.05) is 25.7 Å². The Balaban J connectivity index is 1.64. The molecule has 1 N–H and O–H groups in total. The summed E-state index contributed by atoms with van der Waals surface area (Å²) in [5.74, 6) is -0.168. The molecule has 3 aromatic rings. The van der Waals surface area contributed by atoms with Crippen molar-refractivity contribution in [2.75, 3.05) is 11.5 Å². The van der Waals surface area contributed by atoms with E-state index in [-0.39, 0.29) is 11.5 Å². The average molecular weight is 432 g/mol. The summed E-state index contributed by atoms with van der Waals surface area (Å²) in [6.07, 6.45) is -0.00367. The maximum Gasteiger partial charge on any atom is 0.253 e. The summed E-state index contributed by atoms with van der Waals surface area (Å²) in [6.45, 7) is 3.00. The number of carbonyl (C=O) groups is 1. The standard InChI is InChI=1S/C20H21FN4O4S/c1-12(21)29-15-6-4-5-13(7-15)17-18-16(25(3)24-17)8-14(9-22-18)19(26)23-20(2)10-30(27,28)11-20/h4-9,12H,10-11H2,1-3H3,(H,23,26). The van der Waals surface area contributed by atoms with Crippen LogP contribution in [0.15, 0.2) is 36.5 Å². The summed E-state index contributed by atoms with van der Waals surface area (Å²) >= 11 is 0. The van der Waals surface area contributed by atoms with Gasteiger partial charge in [-0.15, -0.1) is 0 Å². The first-order valence-electron chi connectivity index (χ1n) is 9.32. The third kappa shape index (κ3) is 3.87. The van der Waals surface area contributed by atoms with E-state index in [1.54, 1.807) is 42.9 Å². The summed E-state index contributed by atoms with van der Waals surface area (Å²) in [5.41, 5.74) is 2.04. The third-order valence-electron chi connectivity index (χ3n) is 4.85. The van der Waals surface area contributed by atoms with Crippen molar-refractivity contribution in [1.29, 1.82) is 0 Å². The van der Waals surface area contributed by atoms with E-state index in [0.29, 0.717) is 33.6 Å². The zero-order valence-electron chi connectivity index (χ0n) is 16.7. The van der Waals surface area contributed by atoms with Crippen LogP contribution in [0.2, 0.25) is 0 Å². The summed E-state index contributed by atoms with van der Waals surface area (Å²) < 4.78 is 42.8. The number of nitrogens with zero attached hydrogens (tertiary/aromatic N) is 3. The highest BCUT2D eigenvalue weighted by Crippen LogP contribution is 2.30. The van der Waals surface area contributed by atoms with Gasteiger partial charge in [0.1, 0.15) is 17.0 Å². The van der Waals surface area contributed by atoms with E-state index in [1.165, 1.54) is 13.1 Å². The Kier molecular flexibility index (Phi) is 4.76. The van der Waals surface area contributed by atoms with Crippen molar-refractivity contribution in [3.8, 4) is 17.0 Å². The maximum absolute atomic E-state index is 13.2. The van der Waals surface area contributed by atoms with Crippen LogP contribution in [0.5, 0.6) is 5.75 Å². The van der Waals surface area contributed by atoms with E-state index >= 15 is 0 Å². The predicted octanol–water partition coefficient (Wildman–Crippen LogP) is 2.25. The van der Waals surface area contributed by atoms with Gasteiger partial charge in [0.25, 0.3) is 5.91 Å². The second-order valence-corrected chi connectivity index (χ2v) is 9.86. The molecule has 0 bridgehead atoms. The van der Waals surface area contributed by atoms with Gasteiger partial charge in [-0.05, 0) is 25.1 Å². The molecule has 4 rings (SSSR count). The van der Waals surface area contributed by atoms with Crippen LogP contribution in [0.4, 0.5) is 4.39 Å². The molecule has 1 fully saturated rings. The zero-order valence-corrected chi connectivity index (χ0v) is 17.5. The third-order valence-corrected chi connectivity index (χ3v) is 7.00. The van der Waals surface area contributed by atoms with Crippen molar-refractivity contribution in [1.82, 2.24) is 20.1 Å². The lowest BCUT2D eigenvalue weighted by Gasteiger charge is -2.38. The number of alkyl halides is 1. The Labute approximate surface area is 173 Å². The first-order valence-corrected chi connectivity index (χ1v) is 11.1. The van der Waals surface area contributed by atoms with E-state index in [0.717, 1.165) is 0 Å². The zero-order chi connectivity index (χ0) is 21.7. The van der Waals surface area contributed by atoms with Gasteiger partial charge in [0.15, 0.2) is 9.84 Å². The average Bonchev–Trinajstić information content (AvgIpc) is 2.95. The van der Waals surface area contributed by atoms with Gasteiger partial charge >= 0.3 is 0 Å². The molecule has 10 heteroatoms. The predicted molar refractivity (Wildman–Crippen MR) is 110 cm³/mol. The molecule has 158 valence electrons. The largest absolute Gasteiger partial charge is 0.461 e. The number of benzene rings is 1. The summed E-state index contributed by atoms with van der Waals surface area (Å²) in [7, 11) is -1.34. The molecule has 8 nitrogen and oxygen atoms in total. The SMILES string of the molecule is CC(F)Oc1cccc(-c2nn(C)c3cc(C(=O)NC4(C)CS(=O)(=O)C4)cnc23)c1. The van der Waals surface area contributed by atoms with Gasteiger partial charge in [0.2, 0.25) is 6.36 Å². The van der Waals surface area contributed by atoms with E-state index in [1.807, 2.05) is 6.07 Å². The fourth-order valence-electron chi connectivity index (χ4n) is 3.70. The molecule has 1 atom stereocenters. The van der Waals surface area contributed by atoms with E-state index < -0.39 is 27.6 Å². The molecule has 1 unspecified atom stereocenters. The number of carbonyl (C=O) groups excluding carboxylic acids is 1. The molecule has 0 radical (unpaired) electrons. The van der Waals surface area contributed by atoms with Crippen molar-refractivity contribution in [3.63, 3.8) is 0 Å². The van der Waals surface area contributed by atoms with Crippen LogP contribution in [-0.4, -0.2) is 52.5 Å². The lowest BCUT2D eigenvalue weighted by Crippen LogP contribution is -2.63. The first kappa shape index (κ1) is 20.3. The molecule has 0 spiro atoms. The number of hydrogen-bond acceptors (Lipinski definition) is 6. The Morgan fingerprint density at radius 2 is 2.07 bits per heavy atom. The van der Waals surface area contributed by atoms with Gasteiger partial charge in [-0.3, -0.25) is 14.5 Å². The number of amides is 1. The minimum atomic E-state index is -3.08. The van der Waals surface area contributed by atoms with Gasteiger partial charge in [-0.1, -0.05) is 12.1 Å². The lowest BCUT2D eigenvalue weighted by molar-refractivity contribution is 0.0860. The van der Waals surface area contributed by atoms with Crippen LogP contribution >= 0.6 is 0 Å². The van der Waals surface area contributed by atoms with Crippen molar-refractivity contribution < 1.29 is 22.3 Å². The summed E-state index contributed by atoms with van der Waals surface area (Å²) in [6, 6.07) is 8.55. The van der Waals surface area contributed by atoms with Crippen molar-refractivity contribution in [2.24, 2.45) is 7.05 Å². The smallest absolute Gasteiger partial charge is 0.253 e. The van der Waals surface area contributed by atoms with E-state index in [9.17, 15) is 17.6 Å². The number of nitrogens with one attached hydrogen (secondary N) is 1. The molecule has 1 aromatic carbocycles. The molecule has 0 saturated carbocycles. The Morgan fingerprint density at radius 3 is 2.73 bits per heavy atom. The number of sulfone groups is 1. The van der Waals surface area contributed by atoms with Crippen LogP contribution in [0.3, 0.4) is 0 Å². The lowest BCUT2D eigenvalue weighted by atomic mass is 10.1. The van der Waals surface area contributed by atoms with Crippen LogP contribution < -0.4 is 10.1 Å². The highest BCUT2D eigenvalue weighted by Gasteiger charge is 2.45. The summed E-state index contributed by atoms with van der Waals surface area (Å²) in [5, 5.41) is 7.27. The Bertz CT molecular complexity index is 1240. The van der Waals surface area contributed by atoms with Crippen LogP contribution in [0.25, 0.3) is 22.3 Å². The van der Waals surface area contributed by atoms with Crippen molar-refractivity contribution in [3.05, 3.63) is 42.1 Å². The second-order valence-electron chi connectivity index (χ2n) is 7.80. The highest BCUT2D eigenvalue weighted by molar-refractivity contribution is 7.93. The van der Waals surface area contributed by atoms with Gasteiger partial charge in [-0.2, -0.15) is 5.10 Å². The number of aryl methyl sites for hydroxylation is 1. The Morgan fingerprint density at radius 1 is 1.33 bits per heavy atom. The highest BCUT2D eigenvalue weighted by atomic mass is 32.2. The van der Waals surface area contributed by atoms with E-state index in [4.69, 9.17) is 4.74 Å². The first-order chi connectivity index (χ1) is 14.1.